The second-order valence-electron chi connectivity index (χ2n) is 3.41. The number of anilines is 1. The Labute approximate surface area is 87.7 Å². The van der Waals surface area contributed by atoms with Crippen molar-refractivity contribution in [2.24, 2.45) is 12.8 Å². The summed E-state index contributed by atoms with van der Waals surface area (Å²) in [5.41, 5.74) is 6.35. The molecular formula is C9H14N6. The fourth-order valence-electron chi connectivity index (χ4n) is 1.55. The zero-order chi connectivity index (χ0) is 10.8. The van der Waals surface area contributed by atoms with Crippen molar-refractivity contribution >= 4 is 16.9 Å². The van der Waals surface area contributed by atoms with Gasteiger partial charge >= 0.3 is 0 Å². The van der Waals surface area contributed by atoms with Gasteiger partial charge in [0.25, 0.3) is 0 Å². The highest BCUT2D eigenvalue weighted by atomic mass is 15.3. The van der Waals surface area contributed by atoms with Gasteiger partial charge in [0.2, 0.25) is 0 Å². The first kappa shape index (κ1) is 9.85. The third-order valence-electron chi connectivity index (χ3n) is 2.33. The lowest BCUT2D eigenvalue weighted by molar-refractivity contribution is 0.785. The predicted molar refractivity (Wildman–Crippen MR) is 58.6 cm³/mol. The van der Waals surface area contributed by atoms with Crippen molar-refractivity contribution in [1.29, 1.82) is 0 Å². The molecule has 0 amide bonds. The van der Waals surface area contributed by atoms with Crippen LogP contribution in [-0.4, -0.2) is 39.9 Å². The standard InChI is InChI=1S/C9H14N6/c1-14(4-3-10)8-7-5-13-15(2)9(7)12-6-11-8/h5-6H,3-4,10H2,1-2H3. The molecule has 2 heterocycles. The van der Waals surface area contributed by atoms with E-state index in [1.165, 1.54) is 0 Å². The molecule has 0 fully saturated rings. The summed E-state index contributed by atoms with van der Waals surface area (Å²) in [5, 5.41) is 5.11. The molecule has 0 aliphatic rings. The van der Waals surface area contributed by atoms with Crippen molar-refractivity contribution in [3.05, 3.63) is 12.5 Å². The molecule has 2 N–H and O–H groups in total. The predicted octanol–water partition coefficient (Wildman–Crippen LogP) is -0.242. The van der Waals surface area contributed by atoms with E-state index in [1.54, 1.807) is 17.2 Å². The van der Waals surface area contributed by atoms with Crippen molar-refractivity contribution in [3.8, 4) is 0 Å². The summed E-state index contributed by atoms with van der Waals surface area (Å²) in [6.07, 6.45) is 3.32. The summed E-state index contributed by atoms with van der Waals surface area (Å²) in [6.45, 7) is 1.36. The zero-order valence-corrected chi connectivity index (χ0v) is 8.88. The number of aromatic nitrogens is 4. The van der Waals surface area contributed by atoms with Crippen molar-refractivity contribution in [2.45, 2.75) is 0 Å². The van der Waals surface area contributed by atoms with Crippen LogP contribution in [0.1, 0.15) is 0 Å². The van der Waals surface area contributed by atoms with Crippen LogP contribution in [0.25, 0.3) is 11.0 Å². The van der Waals surface area contributed by atoms with Crippen LogP contribution in [0.4, 0.5) is 5.82 Å². The molecule has 6 nitrogen and oxygen atoms in total. The van der Waals surface area contributed by atoms with Gasteiger partial charge in [-0.3, -0.25) is 4.68 Å². The van der Waals surface area contributed by atoms with Gasteiger partial charge in [0.05, 0.1) is 11.6 Å². The van der Waals surface area contributed by atoms with Gasteiger partial charge < -0.3 is 10.6 Å². The summed E-state index contributed by atoms with van der Waals surface area (Å²) in [5.74, 6) is 0.874. The highest BCUT2D eigenvalue weighted by Gasteiger charge is 2.10. The Morgan fingerprint density at radius 1 is 1.47 bits per heavy atom. The van der Waals surface area contributed by atoms with Gasteiger partial charge in [0.1, 0.15) is 12.1 Å². The van der Waals surface area contributed by atoms with Crippen LogP contribution in [-0.2, 0) is 7.05 Å². The lowest BCUT2D eigenvalue weighted by Gasteiger charge is -2.16. The van der Waals surface area contributed by atoms with Crippen molar-refractivity contribution < 1.29 is 0 Å². The summed E-state index contributed by atoms with van der Waals surface area (Å²) < 4.78 is 1.73. The lowest BCUT2D eigenvalue weighted by atomic mass is 10.3. The van der Waals surface area contributed by atoms with E-state index in [1.807, 2.05) is 19.0 Å². The van der Waals surface area contributed by atoms with Crippen LogP contribution in [0.3, 0.4) is 0 Å². The molecule has 0 aromatic carbocycles. The van der Waals surface area contributed by atoms with Gasteiger partial charge in [-0.05, 0) is 0 Å². The van der Waals surface area contributed by atoms with Crippen LogP contribution in [0.5, 0.6) is 0 Å². The van der Waals surface area contributed by atoms with Crippen molar-refractivity contribution in [1.82, 2.24) is 19.7 Å². The van der Waals surface area contributed by atoms with Gasteiger partial charge in [0.15, 0.2) is 5.65 Å². The third-order valence-corrected chi connectivity index (χ3v) is 2.33. The molecule has 2 rings (SSSR count). The minimum atomic E-state index is 0.599. The minimum Gasteiger partial charge on any atom is -0.358 e. The number of fused-ring (bicyclic) bond motifs is 1. The number of nitrogens with two attached hydrogens (primary N) is 1. The maximum atomic E-state index is 5.51. The van der Waals surface area contributed by atoms with E-state index < -0.39 is 0 Å². The molecule has 0 spiro atoms. The Bertz CT molecular complexity index is 463. The topological polar surface area (TPSA) is 72.9 Å². The number of likely N-dealkylation sites (N-methyl/N-ethyl adjacent to an activating group) is 1. The molecule has 2 aromatic heterocycles. The molecule has 15 heavy (non-hydrogen) atoms. The van der Waals surface area contributed by atoms with E-state index in [9.17, 15) is 0 Å². The summed E-state index contributed by atoms with van der Waals surface area (Å²) in [6, 6.07) is 0. The summed E-state index contributed by atoms with van der Waals surface area (Å²) in [4.78, 5) is 10.4. The van der Waals surface area contributed by atoms with Gasteiger partial charge in [0, 0.05) is 27.2 Å². The number of rotatable bonds is 3. The van der Waals surface area contributed by atoms with E-state index >= 15 is 0 Å². The first-order chi connectivity index (χ1) is 7.24. The molecule has 0 aliphatic carbocycles. The fraction of sp³-hybridized carbons (Fsp3) is 0.444. The molecule has 0 saturated heterocycles. The Morgan fingerprint density at radius 3 is 3.00 bits per heavy atom. The van der Waals surface area contributed by atoms with Crippen LogP contribution in [0, 0.1) is 0 Å². The van der Waals surface area contributed by atoms with E-state index in [2.05, 4.69) is 15.1 Å². The Morgan fingerprint density at radius 2 is 2.27 bits per heavy atom. The van der Waals surface area contributed by atoms with Crippen LogP contribution in [0.2, 0.25) is 0 Å². The van der Waals surface area contributed by atoms with E-state index in [0.29, 0.717) is 6.54 Å². The Kier molecular flexibility index (Phi) is 2.51. The first-order valence-electron chi connectivity index (χ1n) is 4.78. The SMILES string of the molecule is CN(CCN)c1ncnc2c1cnn2C. The van der Waals surface area contributed by atoms with Gasteiger partial charge in [-0.2, -0.15) is 5.10 Å². The zero-order valence-electron chi connectivity index (χ0n) is 8.88. The quantitative estimate of drug-likeness (QED) is 0.750. The molecule has 0 aliphatic heterocycles. The highest BCUT2D eigenvalue weighted by Crippen LogP contribution is 2.20. The summed E-state index contributed by atoms with van der Waals surface area (Å²) >= 11 is 0. The lowest BCUT2D eigenvalue weighted by Crippen LogP contribution is -2.25. The molecular weight excluding hydrogens is 192 g/mol. The molecule has 6 heteroatoms. The molecule has 2 aromatic rings. The van der Waals surface area contributed by atoms with Crippen molar-refractivity contribution in [3.63, 3.8) is 0 Å². The second kappa shape index (κ2) is 3.82. The molecule has 0 atom stereocenters. The van der Waals surface area contributed by atoms with Crippen LogP contribution < -0.4 is 10.6 Å². The van der Waals surface area contributed by atoms with Gasteiger partial charge in [-0.15, -0.1) is 0 Å². The van der Waals surface area contributed by atoms with Gasteiger partial charge in [-0.25, -0.2) is 9.97 Å². The van der Waals surface area contributed by atoms with Gasteiger partial charge in [-0.1, -0.05) is 0 Å². The third kappa shape index (κ3) is 1.63. The molecule has 0 bridgehead atoms. The summed E-state index contributed by atoms with van der Waals surface area (Å²) in [7, 11) is 3.82. The monoisotopic (exact) mass is 206 g/mol. The van der Waals surface area contributed by atoms with Crippen LogP contribution >= 0.6 is 0 Å². The van der Waals surface area contributed by atoms with E-state index in [-0.39, 0.29) is 0 Å². The fourth-order valence-corrected chi connectivity index (χ4v) is 1.55. The Balaban J connectivity index is 2.51. The van der Waals surface area contributed by atoms with Crippen LogP contribution in [0.15, 0.2) is 12.5 Å². The largest absolute Gasteiger partial charge is 0.358 e. The normalized spacial score (nSPS) is 10.9. The number of hydrogen-bond acceptors (Lipinski definition) is 5. The highest BCUT2D eigenvalue weighted by molar-refractivity contribution is 5.86. The molecule has 0 unspecified atom stereocenters. The Hall–Kier alpha value is -1.69. The van der Waals surface area contributed by atoms with E-state index in [4.69, 9.17) is 5.73 Å². The smallest absolute Gasteiger partial charge is 0.163 e. The maximum absolute atomic E-state index is 5.51. The van der Waals surface area contributed by atoms with Crippen molar-refractivity contribution in [2.75, 3.05) is 25.0 Å². The molecule has 80 valence electrons. The number of nitrogens with zero attached hydrogens (tertiary/aromatic N) is 5. The first-order valence-corrected chi connectivity index (χ1v) is 4.78. The molecule has 0 saturated carbocycles. The number of hydrogen-bond donors (Lipinski definition) is 1. The maximum Gasteiger partial charge on any atom is 0.163 e. The molecule has 0 radical (unpaired) electrons. The average molecular weight is 206 g/mol. The average Bonchev–Trinajstić information content (AvgIpc) is 2.61. The van der Waals surface area contributed by atoms with E-state index in [0.717, 1.165) is 23.4 Å². The second-order valence-corrected chi connectivity index (χ2v) is 3.41. The minimum absolute atomic E-state index is 0.599. The number of aryl methyl sites for hydroxylation is 1.